The number of hydrogen-bond donors (Lipinski definition) is 2. The lowest BCUT2D eigenvalue weighted by atomic mass is 10.0. The number of rotatable bonds is 5. The molecule has 0 fully saturated rings. The summed E-state index contributed by atoms with van der Waals surface area (Å²) in [7, 11) is 0. The Balaban J connectivity index is 1.96. The molecule has 1 heterocycles. The first kappa shape index (κ1) is 16.8. The number of ether oxygens (including phenoxy) is 1. The van der Waals surface area contributed by atoms with E-state index in [1.165, 1.54) is 0 Å². The number of aryl methyl sites for hydroxylation is 1. The van der Waals surface area contributed by atoms with Gasteiger partial charge >= 0.3 is 0 Å². The average Bonchev–Trinajstić information content (AvgIpc) is 2.62. The lowest BCUT2D eigenvalue weighted by Gasteiger charge is -2.09. The molecular weight excluding hydrogens is 314 g/mol. The highest BCUT2D eigenvalue weighted by molar-refractivity contribution is 5.71. The Kier molecular flexibility index (Phi) is 4.89. The van der Waals surface area contributed by atoms with Gasteiger partial charge in [0.25, 0.3) is 0 Å². The van der Waals surface area contributed by atoms with Gasteiger partial charge in [0.1, 0.15) is 11.5 Å². The van der Waals surface area contributed by atoms with Gasteiger partial charge in [0.2, 0.25) is 5.56 Å². The summed E-state index contributed by atoms with van der Waals surface area (Å²) < 4.78 is 5.60. The Bertz CT molecular complexity index is 927. The average molecular weight is 335 g/mol. The summed E-state index contributed by atoms with van der Waals surface area (Å²) >= 11 is 0. The van der Waals surface area contributed by atoms with Crippen LogP contribution in [0.2, 0.25) is 0 Å². The highest BCUT2D eigenvalue weighted by Crippen LogP contribution is 2.27. The largest absolute Gasteiger partial charge is 0.508 e. The van der Waals surface area contributed by atoms with Crippen molar-refractivity contribution >= 4 is 0 Å². The molecule has 25 heavy (non-hydrogen) atoms. The molecule has 4 nitrogen and oxygen atoms in total. The monoisotopic (exact) mass is 335 g/mol. The zero-order valence-electron chi connectivity index (χ0n) is 14.4. The summed E-state index contributed by atoms with van der Waals surface area (Å²) in [6.07, 6.45) is 0.964. The minimum Gasteiger partial charge on any atom is -0.508 e. The predicted molar refractivity (Wildman–Crippen MR) is 100 cm³/mol. The molecule has 1 aromatic heterocycles. The van der Waals surface area contributed by atoms with Gasteiger partial charge in [0, 0.05) is 11.8 Å². The van der Waals surface area contributed by atoms with E-state index in [0.29, 0.717) is 6.61 Å². The molecule has 0 aliphatic rings. The van der Waals surface area contributed by atoms with Crippen LogP contribution in [-0.4, -0.2) is 16.7 Å². The Morgan fingerprint density at radius 2 is 1.68 bits per heavy atom. The molecule has 3 rings (SSSR count). The minimum absolute atomic E-state index is 0.162. The molecule has 0 spiro atoms. The van der Waals surface area contributed by atoms with Crippen LogP contribution < -0.4 is 10.3 Å². The van der Waals surface area contributed by atoms with Gasteiger partial charge in [0.05, 0.1) is 6.61 Å². The third-order valence-corrected chi connectivity index (χ3v) is 4.01. The molecule has 0 unspecified atom stereocenters. The number of nitrogens with one attached hydrogen (secondary N) is 1. The highest BCUT2D eigenvalue weighted by Gasteiger charge is 2.06. The zero-order chi connectivity index (χ0) is 17.8. The predicted octanol–water partition coefficient (Wildman–Crippen LogP) is 4.51. The number of phenolic OH excluding ortho intramolecular Hbond substituents is 1. The Morgan fingerprint density at radius 1 is 0.960 bits per heavy atom. The lowest BCUT2D eigenvalue weighted by Crippen LogP contribution is -2.05. The van der Waals surface area contributed by atoms with Crippen molar-refractivity contribution in [2.75, 3.05) is 6.61 Å². The molecule has 0 amide bonds. The summed E-state index contributed by atoms with van der Waals surface area (Å²) in [5.74, 6) is 1.06. The van der Waals surface area contributed by atoms with Crippen LogP contribution in [0.25, 0.3) is 22.4 Å². The van der Waals surface area contributed by atoms with E-state index in [9.17, 15) is 9.90 Å². The summed E-state index contributed by atoms with van der Waals surface area (Å²) in [6.45, 7) is 4.59. The molecule has 0 radical (unpaired) electrons. The van der Waals surface area contributed by atoms with Crippen molar-refractivity contribution in [1.82, 2.24) is 4.98 Å². The molecule has 0 saturated carbocycles. The van der Waals surface area contributed by atoms with Crippen LogP contribution in [0.3, 0.4) is 0 Å². The molecule has 2 aromatic carbocycles. The number of phenols is 1. The van der Waals surface area contributed by atoms with Crippen LogP contribution in [0.1, 0.15) is 18.9 Å². The number of H-pyrrole nitrogens is 1. The topological polar surface area (TPSA) is 62.3 Å². The molecule has 0 aliphatic heterocycles. The van der Waals surface area contributed by atoms with Crippen LogP contribution >= 0.6 is 0 Å². The van der Waals surface area contributed by atoms with Crippen molar-refractivity contribution in [3.8, 4) is 33.9 Å². The van der Waals surface area contributed by atoms with Gasteiger partial charge < -0.3 is 14.8 Å². The number of aromatic amines is 1. The van der Waals surface area contributed by atoms with E-state index < -0.39 is 0 Å². The van der Waals surface area contributed by atoms with Crippen molar-refractivity contribution in [3.63, 3.8) is 0 Å². The third-order valence-electron chi connectivity index (χ3n) is 4.01. The third kappa shape index (κ3) is 3.91. The van der Waals surface area contributed by atoms with Crippen molar-refractivity contribution in [1.29, 1.82) is 0 Å². The fourth-order valence-corrected chi connectivity index (χ4v) is 2.65. The van der Waals surface area contributed by atoms with Gasteiger partial charge in [-0.15, -0.1) is 0 Å². The maximum Gasteiger partial charge on any atom is 0.249 e. The van der Waals surface area contributed by atoms with E-state index in [4.69, 9.17) is 4.74 Å². The number of aromatic nitrogens is 1. The number of aromatic hydroxyl groups is 1. The SMILES string of the molecule is CCCOc1ccc(-c2cc(-c3ccc(O)c(C)c3)[nH]c(=O)c2)cc1. The molecule has 0 atom stereocenters. The van der Waals surface area contributed by atoms with Gasteiger partial charge in [-0.1, -0.05) is 19.1 Å². The summed E-state index contributed by atoms with van der Waals surface area (Å²) in [6, 6.07) is 16.5. The van der Waals surface area contributed by atoms with E-state index in [0.717, 1.165) is 40.1 Å². The van der Waals surface area contributed by atoms with Crippen molar-refractivity contribution in [3.05, 3.63) is 70.5 Å². The number of hydrogen-bond acceptors (Lipinski definition) is 3. The summed E-state index contributed by atoms with van der Waals surface area (Å²) in [5.41, 5.74) is 3.97. The van der Waals surface area contributed by atoms with Crippen LogP contribution in [0.5, 0.6) is 11.5 Å². The molecule has 4 heteroatoms. The Morgan fingerprint density at radius 3 is 2.36 bits per heavy atom. The summed E-state index contributed by atoms with van der Waals surface area (Å²) in [4.78, 5) is 14.9. The fourth-order valence-electron chi connectivity index (χ4n) is 2.65. The molecule has 3 aromatic rings. The highest BCUT2D eigenvalue weighted by atomic mass is 16.5. The van der Waals surface area contributed by atoms with E-state index in [1.807, 2.05) is 43.3 Å². The van der Waals surface area contributed by atoms with Crippen LogP contribution in [0.15, 0.2) is 59.4 Å². The second-order valence-corrected chi connectivity index (χ2v) is 6.02. The lowest BCUT2D eigenvalue weighted by molar-refractivity contribution is 0.317. The van der Waals surface area contributed by atoms with Gasteiger partial charge in [-0.25, -0.2) is 0 Å². The van der Waals surface area contributed by atoms with Gasteiger partial charge in [-0.3, -0.25) is 4.79 Å². The maximum absolute atomic E-state index is 12.1. The standard InChI is InChI=1S/C21H21NO3/c1-3-10-25-18-7-4-15(5-8-18)17-12-19(22-21(24)13-17)16-6-9-20(23)14(2)11-16/h4-9,11-13,23H,3,10H2,1-2H3,(H,22,24). The normalized spacial score (nSPS) is 10.6. The van der Waals surface area contributed by atoms with Gasteiger partial charge in [-0.05, 0) is 72.0 Å². The molecule has 0 saturated heterocycles. The molecule has 0 aliphatic carbocycles. The zero-order valence-corrected chi connectivity index (χ0v) is 14.4. The first-order chi connectivity index (χ1) is 12.1. The van der Waals surface area contributed by atoms with Gasteiger partial charge in [0.15, 0.2) is 0 Å². The Hall–Kier alpha value is -3.01. The molecule has 0 bridgehead atoms. The van der Waals surface area contributed by atoms with Crippen molar-refractivity contribution in [2.24, 2.45) is 0 Å². The van der Waals surface area contributed by atoms with Crippen molar-refractivity contribution in [2.45, 2.75) is 20.3 Å². The van der Waals surface area contributed by atoms with Crippen LogP contribution in [-0.2, 0) is 0 Å². The molecular formula is C21H21NO3. The van der Waals surface area contributed by atoms with E-state index >= 15 is 0 Å². The summed E-state index contributed by atoms with van der Waals surface area (Å²) in [5, 5.41) is 9.68. The van der Waals surface area contributed by atoms with Crippen LogP contribution in [0, 0.1) is 6.92 Å². The smallest absolute Gasteiger partial charge is 0.249 e. The van der Waals surface area contributed by atoms with E-state index in [1.54, 1.807) is 18.2 Å². The number of pyridine rings is 1. The molecule has 128 valence electrons. The minimum atomic E-state index is -0.162. The Labute approximate surface area is 146 Å². The second-order valence-electron chi connectivity index (χ2n) is 6.02. The fraction of sp³-hybridized carbons (Fsp3) is 0.190. The first-order valence-electron chi connectivity index (χ1n) is 8.34. The van der Waals surface area contributed by atoms with Crippen molar-refractivity contribution < 1.29 is 9.84 Å². The molecule has 2 N–H and O–H groups in total. The maximum atomic E-state index is 12.1. The van der Waals surface area contributed by atoms with E-state index in [2.05, 4.69) is 11.9 Å². The van der Waals surface area contributed by atoms with Crippen LogP contribution in [0.4, 0.5) is 0 Å². The quantitative estimate of drug-likeness (QED) is 0.721. The first-order valence-corrected chi connectivity index (χ1v) is 8.34. The number of benzene rings is 2. The second kappa shape index (κ2) is 7.26. The van der Waals surface area contributed by atoms with Gasteiger partial charge in [-0.2, -0.15) is 0 Å². The van der Waals surface area contributed by atoms with E-state index in [-0.39, 0.29) is 11.3 Å².